The Morgan fingerprint density at radius 2 is 0.830 bits per heavy atom. The first kappa shape index (κ1) is 41.0. The summed E-state index contributed by atoms with van der Waals surface area (Å²) >= 11 is 1.36. The van der Waals surface area contributed by atoms with E-state index in [1.807, 2.05) is 94.4 Å². The molecule has 2 radical (unpaired) electrons. The maximum Gasteiger partial charge on any atom is -0.171 e. The molecule has 0 spiro atoms. The van der Waals surface area contributed by atoms with Crippen molar-refractivity contribution in [2.45, 2.75) is 41.5 Å². The maximum absolute atomic E-state index is 9.21. The van der Waals surface area contributed by atoms with E-state index >= 15 is 0 Å². The first-order valence-corrected chi connectivity index (χ1v) is 19.2. The Morgan fingerprint density at radius 1 is 0.489 bits per heavy atom. The van der Waals surface area contributed by atoms with E-state index in [1.165, 1.54) is 56.0 Å². The molecule has 0 amide bonds. The molecule has 4 heteroatoms. The molecule has 0 fully saturated rings. The van der Waals surface area contributed by atoms with E-state index in [1.54, 1.807) is 0 Å². The number of aryl methyl sites for hydroxylation is 6. The molecule has 0 atom stereocenters. The first-order chi connectivity index (χ1) is 22.2. The van der Waals surface area contributed by atoms with Gasteiger partial charge in [0.15, 0.2) is 0 Å². The van der Waals surface area contributed by atoms with Crippen LogP contribution in [0.4, 0.5) is 0 Å². The van der Waals surface area contributed by atoms with Gasteiger partial charge < -0.3 is 17.6 Å². The molecular weight excluding hydrogens is 668 g/mol. The fraction of sp³-hybridized carbons (Fsp3) is 0.140. The van der Waals surface area contributed by atoms with Crippen molar-refractivity contribution in [3.8, 4) is 11.5 Å². The molecule has 242 valence electrons. The van der Waals surface area contributed by atoms with Crippen molar-refractivity contribution in [2.24, 2.45) is 0 Å². The molecule has 0 aliphatic heterocycles. The van der Waals surface area contributed by atoms with E-state index in [0.717, 1.165) is 22.3 Å². The van der Waals surface area contributed by atoms with E-state index in [0.29, 0.717) is 11.5 Å². The number of para-hydroxylation sites is 2. The standard InChI is InChI=1S/2C10H9.2C8H10O.C6H5.CH3.Si.Zr/c2*1-8-6-9-4-2-3-5-10(9)7-8;2*1-6-4-3-5-7(2)8(6)9;1-2-4-6-5-3-1;;;/h2*2-7H,1H3;2*3-5,9H,1-2H3;1-5H;1H3;;/q2*-1;;;2*-1;;. The number of aromatic hydroxyl groups is 2. The minimum atomic E-state index is 0. The Balaban J connectivity index is 0.000000291. The van der Waals surface area contributed by atoms with Gasteiger partial charge in [0.05, 0.1) is 0 Å². The molecule has 0 saturated carbocycles. The van der Waals surface area contributed by atoms with Crippen molar-refractivity contribution in [1.82, 2.24) is 0 Å². The molecule has 0 bridgehead atoms. The second-order valence-electron chi connectivity index (χ2n) is 10.9. The Kier molecular flexibility index (Phi) is 19.7. The molecule has 7 rings (SSSR count). The molecule has 7 aromatic carbocycles. The van der Waals surface area contributed by atoms with Crippen molar-refractivity contribution in [3.05, 3.63) is 186 Å². The van der Waals surface area contributed by atoms with E-state index in [-0.39, 0.29) is 7.43 Å². The van der Waals surface area contributed by atoms with E-state index < -0.39 is 0 Å². The van der Waals surface area contributed by atoms with Crippen LogP contribution in [0, 0.1) is 55.0 Å². The minimum absolute atomic E-state index is 0. The molecule has 0 aliphatic rings. The zero-order valence-electron chi connectivity index (χ0n) is 28.7. The van der Waals surface area contributed by atoms with Crippen LogP contribution in [0.1, 0.15) is 33.4 Å². The van der Waals surface area contributed by atoms with E-state index in [4.69, 9.17) is 0 Å². The van der Waals surface area contributed by atoms with Gasteiger partial charge in [0, 0.05) is 0 Å². The van der Waals surface area contributed by atoms with Crippen LogP contribution in [-0.2, 0) is 23.3 Å². The normalized spacial score (nSPS) is 9.21. The van der Waals surface area contributed by atoms with Gasteiger partial charge in [0.2, 0.25) is 0 Å². The average Bonchev–Trinajstić information content (AvgIpc) is 3.66. The second kappa shape index (κ2) is 22.5. The summed E-state index contributed by atoms with van der Waals surface area (Å²) in [4.78, 5) is 0. The summed E-state index contributed by atoms with van der Waals surface area (Å²) in [5.41, 5.74) is 6.46. The van der Waals surface area contributed by atoms with Gasteiger partial charge >= 0.3 is 30.2 Å². The first-order valence-electron chi connectivity index (χ1n) is 15.1. The Morgan fingerprint density at radius 3 is 1.09 bits per heavy atom. The molecule has 0 aromatic heterocycles. The zero-order chi connectivity index (χ0) is 33.9. The number of hydrogen-bond donors (Lipinski definition) is 2. The van der Waals surface area contributed by atoms with E-state index in [2.05, 4.69) is 99.6 Å². The SMILES string of the molecule is Cc1cc2ccccc2[cH-]1.Cc1cc2ccccc2[cH-]1.Cc1cccc(C)c1O.Cc1cccc(C)c1O.[CH3-].[Si]=[Zr].[c-]1ccccc1. The average molecular weight is 714 g/mol. The molecule has 2 nitrogen and oxygen atoms in total. The number of fused-ring (bicyclic) bond motifs is 2. The summed E-state index contributed by atoms with van der Waals surface area (Å²) in [7, 11) is 0. The smallest absolute Gasteiger partial charge is 0.171 e. The van der Waals surface area contributed by atoms with Crippen molar-refractivity contribution in [1.29, 1.82) is 0 Å². The van der Waals surface area contributed by atoms with Crippen molar-refractivity contribution in [3.63, 3.8) is 0 Å². The molecule has 0 unspecified atom stereocenters. The third kappa shape index (κ3) is 14.5. The number of phenols is 2. The zero-order valence-corrected chi connectivity index (χ0v) is 32.1. The summed E-state index contributed by atoms with van der Waals surface area (Å²) in [6.07, 6.45) is 0. The third-order valence-corrected chi connectivity index (χ3v) is 7.01. The second-order valence-corrected chi connectivity index (χ2v) is 10.9. The molecule has 0 aliphatic carbocycles. The Bertz CT molecular complexity index is 1610. The Labute approximate surface area is 299 Å². The van der Waals surface area contributed by atoms with E-state index in [9.17, 15) is 10.2 Å². The predicted molar refractivity (Wildman–Crippen MR) is 201 cm³/mol. The van der Waals surface area contributed by atoms with Gasteiger partial charge in [0.25, 0.3) is 0 Å². The Hall–Kier alpha value is -3.98. The van der Waals surface area contributed by atoms with Gasteiger partial charge in [-0.25, -0.2) is 0 Å². The summed E-state index contributed by atoms with van der Waals surface area (Å²) in [5, 5.41) is 23.8. The minimum Gasteiger partial charge on any atom is -0.184 e. The van der Waals surface area contributed by atoms with Crippen LogP contribution < -0.4 is 0 Å². The van der Waals surface area contributed by atoms with Crippen LogP contribution in [0.5, 0.6) is 11.5 Å². The molecule has 0 heterocycles. The summed E-state index contributed by atoms with van der Waals surface area (Å²) in [6.45, 7) is 14.9. The predicted octanol–water partition coefficient (Wildman–Crippen LogP) is 11.3. The van der Waals surface area contributed by atoms with Gasteiger partial charge in [-0.2, -0.15) is 48.5 Å². The molecule has 7 aromatic rings. The topological polar surface area (TPSA) is 40.5 Å². The molecule has 2 N–H and O–H groups in total. The third-order valence-electron chi connectivity index (χ3n) is 7.01. The van der Waals surface area contributed by atoms with Gasteiger partial charge in [-0.1, -0.05) is 62.4 Å². The van der Waals surface area contributed by atoms with Crippen LogP contribution in [-0.4, -0.2) is 17.1 Å². The van der Waals surface area contributed by atoms with Gasteiger partial charge in [-0.3, -0.25) is 0 Å². The summed E-state index contributed by atoms with van der Waals surface area (Å²) in [5.74, 6) is 0.829. The fourth-order valence-electron chi connectivity index (χ4n) is 4.57. The molecule has 0 saturated heterocycles. The van der Waals surface area contributed by atoms with Crippen LogP contribution >= 0.6 is 0 Å². The van der Waals surface area contributed by atoms with Crippen molar-refractivity contribution >= 4 is 28.4 Å². The van der Waals surface area contributed by atoms with Gasteiger partial charge in [0.1, 0.15) is 11.5 Å². The summed E-state index contributed by atoms with van der Waals surface area (Å²) < 4.78 is 0. The largest absolute Gasteiger partial charge is 0.184 e. The molecule has 47 heavy (non-hydrogen) atoms. The van der Waals surface area contributed by atoms with Crippen LogP contribution in [0.15, 0.2) is 140 Å². The van der Waals surface area contributed by atoms with Gasteiger partial charge in [-0.05, 0) is 49.9 Å². The maximum atomic E-state index is 9.21. The quantitative estimate of drug-likeness (QED) is 0.121. The number of phenolic OH excluding ortho intramolecular Hbond substituents is 2. The molecular formula is C43H46O2SiZr-4. The monoisotopic (exact) mass is 712 g/mol. The van der Waals surface area contributed by atoms with Crippen molar-refractivity contribution in [2.75, 3.05) is 0 Å². The van der Waals surface area contributed by atoms with Crippen LogP contribution in [0.3, 0.4) is 0 Å². The number of rotatable bonds is 0. The summed E-state index contributed by atoms with van der Waals surface area (Å²) in [6, 6.07) is 49.6. The number of hydrogen-bond acceptors (Lipinski definition) is 2. The van der Waals surface area contributed by atoms with Gasteiger partial charge in [-0.15, -0.1) is 81.2 Å². The van der Waals surface area contributed by atoms with Crippen LogP contribution in [0.25, 0.3) is 21.5 Å². The van der Waals surface area contributed by atoms with Crippen LogP contribution in [0.2, 0.25) is 0 Å². The number of benzene rings is 5. The van der Waals surface area contributed by atoms with Crippen molar-refractivity contribution < 1.29 is 33.5 Å². The fourth-order valence-corrected chi connectivity index (χ4v) is 4.57.